The lowest BCUT2D eigenvalue weighted by molar-refractivity contribution is 0.310. The molecule has 0 aliphatic carbocycles. The fourth-order valence-corrected chi connectivity index (χ4v) is 6.86. The van der Waals surface area contributed by atoms with Crippen LogP contribution in [0.15, 0.2) is 30.3 Å². The molecule has 1 aromatic rings. The molecule has 0 N–H and O–H groups in total. The maximum Gasteiger partial charge on any atom is 0.132 e. The SMILES string of the molecule is [2H]C[N+](CCCCCCCCCCCCCCCC)(CCCCCCCCCCCCCCCCCCC)c1ccccc1. The van der Waals surface area contributed by atoms with Gasteiger partial charge in [-0.25, -0.2) is 0 Å². The maximum absolute atomic E-state index is 8.59. The minimum absolute atomic E-state index is 0.487. The molecule has 43 heavy (non-hydrogen) atoms. The van der Waals surface area contributed by atoms with Crippen LogP contribution in [0, 0.1) is 0 Å². The molecule has 1 unspecified atom stereocenters. The van der Waals surface area contributed by atoms with Crippen molar-refractivity contribution in [1.29, 1.82) is 0 Å². The van der Waals surface area contributed by atoms with Crippen molar-refractivity contribution in [3.8, 4) is 0 Å². The summed E-state index contributed by atoms with van der Waals surface area (Å²) in [4.78, 5) is 0. The van der Waals surface area contributed by atoms with Gasteiger partial charge in [-0.3, -0.25) is 4.48 Å². The number of rotatable bonds is 34. The molecule has 1 rings (SSSR count). The van der Waals surface area contributed by atoms with Gasteiger partial charge in [0.25, 0.3) is 0 Å². The molecular formula is C42H80N+. The van der Waals surface area contributed by atoms with E-state index in [-0.39, 0.29) is 0 Å². The summed E-state index contributed by atoms with van der Waals surface area (Å²) < 4.78 is 9.46. The smallest absolute Gasteiger partial charge is 0.132 e. The average Bonchev–Trinajstić information content (AvgIpc) is 3.05. The summed E-state index contributed by atoms with van der Waals surface area (Å²) >= 11 is 0. The molecule has 0 heterocycles. The summed E-state index contributed by atoms with van der Waals surface area (Å²) in [6.45, 7) is 6.89. The van der Waals surface area contributed by atoms with Crippen molar-refractivity contribution in [3.05, 3.63) is 30.3 Å². The lowest BCUT2D eigenvalue weighted by atomic mass is 10.0. The fourth-order valence-electron chi connectivity index (χ4n) is 6.86. The maximum atomic E-state index is 8.59. The van der Waals surface area contributed by atoms with Crippen LogP contribution in [0.2, 0.25) is 0 Å². The molecule has 1 heteroatoms. The Morgan fingerprint density at radius 2 is 0.628 bits per heavy atom. The molecule has 0 aliphatic rings. The molecule has 0 fully saturated rings. The van der Waals surface area contributed by atoms with Crippen molar-refractivity contribution in [3.63, 3.8) is 0 Å². The monoisotopic (exact) mass is 600 g/mol. The second kappa shape index (κ2) is 31.2. The van der Waals surface area contributed by atoms with E-state index < -0.39 is 0 Å². The molecule has 0 radical (unpaired) electrons. The zero-order valence-corrected chi connectivity index (χ0v) is 29.9. The standard InChI is InChI=1S/C42H80N/c1-4-6-8-10-12-14-16-18-20-21-22-24-26-28-30-32-37-41-43(3,42-38-34-33-35-39-42)40-36-31-29-27-25-23-19-17-15-13-11-9-7-5-2/h33-35,38-39H,4-32,36-37,40-41H2,1-3H3/q+1/i3D. The van der Waals surface area contributed by atoms with Gasteiger partial charge in [-0.2, -0.15) is 0 Å². The van der Waals surface area contributed by atoms with Gasteiger partial charge in [0.1, 0.15) is 5.69 Å². The van der Waals surface area contributed by atoms with E-state index in [9.17, 15) is 0 Å². The van der Waals surface area contributed by atoms with E-state index in [0.29, 0.717) is 7.02 Å². The van der Waals surface area contributed by atoms with Crippen molar-refractivity contribution in [2.45, 2.75) is 213 Å². The molecular weight excluding hydrogens is 518 g/mol. The van der Waals surface area contributed by atoms with Gasteiger partial charge >= 0.3 is 0 Å². The summed E-state index contributed by atoms with van der Waals surface area (Å²) in [6.07, 6.45) is 43.9. The molecule has 0 amide bonds. The molecule has 0 bridgehead atoms. The van der Waals surface area contributed by atoms with Gasteiger partial charge in [0.15, 0.2) is 0 Å². The zero-order valence-electron chi connectivity index (χ0n) is 30.9. The first-order valence-electron chi connectivity index (χ1n) is 20.7. The van der Waals surface area contributed by atoms with Gasteiger partial charge in [-0.05, 0) is 37.8 Å². The van der Waals surface area contributed by atoms with Crippen LogP contribution in [0.3, 0.4) is 0 Å². The van der Waals surface area contributed by atoms with E-state index in [1.165, 1.54) is 205 Å². The normalized spacial score (nSPS) is 13.3. The highest BCUT2D eigenvalue weighted by Crippen LogP contribution is 2.24. The molecule has 1 nitrogen and oxygen atoms in total. The lowest BCUT2D eigenvalue weighted by Gasteiger charge is -2.34. The highest BCUT2D eigenvalue weighted by Gasteiger charge is 2.23. The highest BCUT2D eigenvalue weighted by atomic mass is 15.3. The van der Waals surface area contributed by atoms with Crippen LogP contribution in [0.25, 0.3) is 0 Å². The minimum atomic E-state index is 0.487. The van der Waals surface area contributed by atoms with Crippen molar-refractivity contribution in [2.75, 3.05) is 20.1 Å². The van der Waals surface area contributed by atoms with Crippen molar-refractivity contribution in [1.82, 2.24) is 4.48 Å². The molecule has 0 aliphatic heterocycles. The van der Waals surface area contributed by atoms with Gasteiger partial charge in [0.2, 0.25) is 0 Å². The van der Waals surface area contributed by atoms with Gasteiger partial charge in [0, 0.05) is 0 Å². The quantitative estimate of drug-likeness (QED) is 0.0546. The second-order valence-electron chi connectivity index (χ2n) is 14.2. The third kappa shape index (κ3) is 25.1. The number of para-hydroxylation sites is 1. The van der Waals surface area contributed by atoms with E-state index in [4.69, 9.17) is 1.37 Å². The van der Waals surface area contributed by atoms with Crippen molar-refractivity contribution < 1.29 is 1.37 Å². The summed E-state index contributed by atoms with van der Waals surface area (Å²) in [6, 6.07) is 11.1. The van der Waals surface area contributed by atoms with E-state index in [0.717, 1.165) is 17.6 Å². The van der Waals surface area contributed by atoms with Gasteiger partial charge in [-0.15, -0.1) is 0 Å². The number of quaternary nitrogens is 1. The molecule has 1 atom stereocenters. The Kier molecular flexibility index (Phi) is 27.8. The van der Waals surface area contributed by atoms with Crippen LogP contribution in [0.5, 0.6) is 0 Å². The van der Waals surface area contributed by atoms with Crippen LogP contribution in [0.4, 0.5) is 5.69 Å². The van der Waals surface area contributed by atoms with Crippen molar-refractivity contribution in [2.24, 2.45) is 0 Å². The van der Waals surface area contributed by atoms with Crippen LogP contribution < -0.4 is 4.48 Å². The van der Waals surface area contributed by atoms with Crippen LogP contribution in [-0.4, -0.2) is 20.1 Å². The fraction of sp³-hybridized carbons (Fsp3) is 0.857. The molecule has 0 aromatic heterocycles. The Hall–Kier alpha value is -0.820. The van der Waals surface area contributed by atoms with Crippen LogP contribution >= 0.6 is 0 Å². The molecule has 0 saturated carbocycles. The first-order valence-corrected chi connectivity index (χ1v) is 20.0. The third-order valence-corrected chi connectivity index (χ3v) is 9.93. The predicted octanol–water partition coefficient (Wildman–Crippen LogP) is 14.8. The first kappa shape index (κ1) is 38.4. The first-order chi connectivity index (χ1) is 21.8. The zero-order chi connectivity index (χ0) is 31.7. The molecule has 252 valence electrons. The van der Waals surface area contributed by atoms with Crippen molar-refractivity contribution >= 4 is 5.69 Å². The van der Waals surface area contributed by atoms with Crippen LogP contribution in [-0.2, 0) is 0 Å². The summed E-state index contributed by atoms with van der Waals surface area (Å²) in [5, 5.41) is 0. The number of nitrogens with zero attached hydrogens (tertiary/aromatic N) is 1. The van der Waals surface area contributed by atoms with Gasteiger partial charge in [0.05, 0.1) is 21.5 Å². The summed E-state index contributed by atoms with van der Waals surface area (Å²) in [5.41, 5.74) is 1.37. The average molecular weight is 600 g/mol. The second-order valence-corrected chi connectivity index (χ2v) is 14.2. The summed E-state index contributed by atoms with van der Waals surface area (Å²) in [7, 11) is 0.487. The highest BCUT2D eigenvalue weighted by molar-refractivity contribution is 5.41. The largest absolute Gasteiger partial charge is 0.294 e. The number of hydrogen-bond donors (Lipinski definition) is 0. The van der Waals surface area contributed by atoms with E-state index >= 15 is 0 Å². The van der Waals surface area contributed by atoms with Gasteiger partial charge < -0.3 is 0 Å². The van der Waals surface area contributed by atoms with Crippen LogP contribution in [0.1, 0.15) is 214 Å². The van der Waals surface area contributed by atoms with E-state index in [2.05, 4.69) is 44.2 Å². The lowest BCUT2D eigenvalue weighted by Crippen LogP contribution is -2.46. The van der Waals surface area contributed by atoms with Gasteiger partial charge in [-0.1, -0.05) is 205 Å². The predicted molar refractivity (Wildman–Crippen MR) is 198 cm³/mol. The Morgan fingerprint density at radius 3 is 0.884 bits per heavy atom. The summed E-state index contributed by atoms with van der Waals surface area (Å²) in [5.74, 6) is 0. The minimum Gasteiger partial charge on any atom is -0.294 e. The molecule has 0 spiro atoms. The topological polar surface area (TPSA) is 0 Å². The third-order valence-electron chi connectivity index (χ3n) is 9.93. The Bertz CT molecular complexity index is 676. The van der Waals surface area contributed by atoms with E-state index in [1.54, 1.807) is 0 Å². The molecule has 1 aromatic carbocycles. The Balaban J connectivity index is 2.10. The number of benzene rings is 1. The number of hydrogen-bond acceptors (Lipinski definition) is 0. The molecule has 0 saturated heterocycles. The number of unbranched alkanes of at least 4 members (excludes halogenated alkanes) is 29. The Morgan fingerprint density at radius 1 is 0.372 bits per heavy atom. The Labute approximate surface area is 274 Å². The van der Waals surface area contributed by atoms with E-state index in [1.807, 2.05) is 0 Å².